The van der Waals surface area contributed by atoms with E-state index in [2.05, 4.69) is 10.5 Å². The largest absolute Gasteiger partial charge is 0.495 e. The van der Waals surface area contributed by atoms with E-state index in [1.54, 1.807) is 23.1 Å². The van der Waals surface area contributed by atoms with Crippen LogP contribution in [0.4, 0.5) is 5.69 Å². The molecule has 1 aliphatic rings. The molecule has 1 atom stereocenters. The van der Waals surface area contributed by atoms with Crippen LogP contribution in [0.3, 0.4) is 0 Å². The number of carbonyl (C=O) groups excluding carboxylic acids is 2. The highest BCUT2D eigenvalue weighted by Crippen LogP contribution is 2.27. The van der Waals surface area contributed by atoms with Gasteiger partial charge < -0.3 is 19.8 Å². The zero-order chi connectivity index (χ0) is 18.2. The van der Waals surface area contributed by atoms with Gasteiger partial charge in [0.2, 0.25) is 0 Å². The molecule has 1 aliphatic heterocycles. The molecule has 136 valence electrons. The van der Waals surface area contributed by atoms with Crippen molar-refractivity contribution in [3.63, 3.8) is 0 Å². The summed E-state index contributed by atoms with van der Waals surface area (Å²) in [5.74, 6) is -0.165. The van der Waals surface area contributed by atoms with Crippen molar-refractivity contribution in [3.8, 4) is 5.75 Å². The second kappa shape index (κ2) is 9.27. The summed E-state index contributed by atoms with van der Waals surface area (Å²) in [5.41, 5.74) is 0.421. The van der Waals surface area contributed by atoms with Gasteiger partial charge in [0.25, 0.3) is 11.8 Å². The molecule has 0 spiro atoms. The highest BCUT2D eigenvalue weighted by atomic mass is 35.5. The molecule has 2 amide bonds. The molecule has 1 fully saturated rings. The number of likely N-dealkylation sites (tertiary alicyclic amines) is 1. The molecule has 25 heavy (non-hydrogen) atoms. The van der Waals surface area contributed by atoms with Gasteiger partial charge in [-0.05, 0) is 44.4 Å². The van der Waals surface area contributed by atoms with Gasteiger partial charge in [-0.1, -0.05) is 16.8 Å². The van der Waals surface area contributed by atoms with Gasteiger partial charge in [0.1, 0.15) is 12.0 Å². The smallest absolute Gasteiger partial charge is 0.270 e. The number of hydrogen-bond donors (Lipinski definition) is 1. The molecule has 0 saturated carbocycles. The maximum atomic E-state index is 12.1. The number of anilines is 1. The highest BCUT2D eigenvalue weighted by Gasteiger charge is 2.23. The Morgan fingerprint density at radius 1 is 1.44 bits per heavy atom. The predicted molar refractivity (Wildman–Crippen MR) is 96.1 cm³/mol. The van der Waals surface area contributed by atoms with Gasteiger partial charge in [-0.15, -0.1) is 0 Å². The Bertz CT molecular complexity index is 651. The molecule has 8 heteroatoms. The second-order valence-corrected chi connectivity index (χ2v) is 6.21. The summed E-state index contributed by atoms with van der Waals surface area (Å²) < 4.78 is 5.14. The molecule has 1 N–H and O–H groups in total. The Balaban J connectivity index is 1.81. The first kappa shape index (κ1) is 19.1. The standard InChI is InChI=1S/C17H22ClN3O4/c1-12-5-3-4-8-21(12)17(23)11-25-19-10-16(22)20-14-9-13(18)6-7-15(14)24-2/h6-7,9-10,12H,3-5,8,11H2,1-2H3,(H,20,22)/b19-10-/t12-/m1/s1. The molecule has 0 bridgehead atoms. The van der Waals surface area contributed by atoms with Crippen molar-refractivity contribution < 1.29 is 19.2 Å². The summed E-state index contributed by atoms with van der Waals surface area (Å²) >= 11 is 5.90. The minimum Gasteiger partial charge on any atom is -0.495 e. The van der Waals surface area contributed by atoms with Gasteiger partial charge in [0.15, 0.2) is 6.61 Å². The molecular formula is C17H22ClN3O4. The Morgan fingerprint density at radius 2 is 2.24 bits per heavy atom. The fourth-order valence-corrected chi connectivity index (χ4v) is 2.84. The molecule has 0 aliphatic carbocycles. The molecule has 1 saturated heterocycles. The first-order valence-corrected chi connectivity index (χ1v) is 8.48. The Labute approximate surface area is 151 Å². The first-order chi connectivity index (χ1) is 12.0. The van der Waals surface area contributed by atoms with E-state index in [-0.39, 0.29) is 18.6 Å². The fourth-order valence-electron chi connectivity index (χ4n) is 2.67. The molecule has 1 aromatic carbocycles. The topological polar surface area (TPSA) is 80.2 Å². The molecule has 0 radical (unpaired) electrons. The van der Waals surface area contributed by atoms with Crippen molar-refractivity contribution in [1.29, 1.82) is 0 Å². The van der Waals surface area contributed by atoms with Crippen LogP contribution in [0, 0.1) is 0 Å². The van der Waals surface area contributed by atoms with E-state index < -0.39 is 5.91 Å². The first-order valence-electron chi connectivity index (χ1n) is 8.10. The highest BCUT2D eigenvalue weighted by molar-refractivity contribution is 6.33. The van der Waals surface area contributed by atoms with Gasteiger partial charge in [0, 0.05) is 17.6 Å². The van der Waals surface area contributed by atoms with Crippen molar-refractivity contribution in [2.24, 2.45) is 5.16 Å². The molecule has 2 rings (SSSR count). The summed E-state index contributed by atoms with van der Waals surface area (Å²) in [7, 11) is 1.49. The quantitative estimate of drug-likeness (QED) is 0.619. The summed E-state index contributed by atoms with van der Waals surface area (Å²) in [6.07, 6.45) is 4.10. The van der Waals surface area contributed by atoms with Crippen LogP contribution in [-0.2, 0) is 14.4 Å². The minimum absolute atomic E-state index is 0.124. The number of ether oxygens (including phenoxy) is 1. The lowest BCUT2D eigenvalue weighted by Crippen LogP contribution is -2.43. The fraction of sp³-hybridized carbons (Fsp3) is 0.471. The van der Waals surface area contributed by atoms with Crippen molar-refractivity contribution >= 4 is 35.3 Å². The number of halogens is 1. The van der Waals surface area contributed by atoms with E-state index in [1.807, 2.05) is 6.92 Å². The second-order valence-electron chi connectivity index (χ2n) is 5.77. The molecule has 0 unspecified atom stereocenters. The van der Waals surface area contributed by atoms with Crippen LogP contribution < -0.4 is 10.1 Å². The number of oxime groups is 1. The molecule has 1 heterocycles. The Morgan fingerprint density at radius 3 is 2.96 bits per heavy atom. The normalized spacial score (nSPS) is 17.4. The summed E-state index contributed by atoms with van der Waals surface area (Å²) in [4.78, 5) is 30.6. The summed E-state index contributed by atoms with van der Waals surface area (Å²) in [5, 5.41) is 6.60. The summed E-state index contributed by atoms with van der Waals surface area (Å²) in [6, 6.07) is 5.08. The summed E-state index contributed by atoms with van der Waals surface area (Å²) in [6.45, 7) is 2.57. The predicted octanol–water partition coefficient (Wildman–Crippen LogP) is 2.69. The number of methoxy groups -OCH3 is 1. The Kier molecular flexibility index (Phi) is 7.06. The van der Waals surface area contributed by atoms with Crippen LogP contribution in [0.25, 0.3) is 0 Å². The minimum atomic E-state index is -0.514. The van der Waals surface area contributed by atoms with Crippen LogP contribution in [0.2, 0.25) is 5.02 Å². The number of nitrogens with zero attached hydrogens (tertiary/aromatic N) is 2. The maximum absolute atomic E-state index is 12.1. The number of nitrogens with one attached hydrogen (secondary N) is 1. The third kappa shape index (κ3) is 5.63. The third-order valence-electron chi connectivity index (χ3n) is 3.98. The number of rotatable bonds is 6. The molecular weight excluding hydrogens is 346 g/mol. The number of benzene rings is 1. The van der Waals surface area contributed by atoms with Gasteiger partial charge >= 0.3 is 0 Å². The van der Waals surface area contributed by atoms with Crippen LogP contribution in [-0.4, -0.2) is 49.2 Å². The monoisotopic (exact) mass is 367 g/mol. The lowest BCUT2D eigenvalue weighted by molar-refractivity contribution is -0.139. The lowest BCUT2D eigenvalue weighted by atomic mass is 10.0. The molecule has 0 aromatic heterocycles. The van der Waals surface area contributed by atoms with Crippen LogP contribution in [0.15, 0.2) is 23.4 Å². The number of amides is 2. The third-order valence-corrected chi connectivity index (χ3v) is 4.21. The van der Waals surface area contributed by atoms with E-state index in [0.717, 1.165) is 32.0 Å². The Hall–Kier alpha value is -2.28. The van der Waals surface area contributed by atoms with E-state index in [1.165, 1.54) is 7.11 Å². The molecule has 7 nitrogen and oxygen atoms in total. The number of carbonyl (C=O) groups is 2. The zero-order valence-corrected chi connectivity index (χ0v) is 15.1. The zero-order valence-electron chi connectivity index (χ0n) is 14.3. The van der Waals surface area contributed by atoms with E-state index in [4.69, 9.17) is 21.2 Å². The van der Waals surface area contributed by atoms with Crippen LogP contribution >= 0.6 is 11.6 Å². The number of piperidine rings is 1. The van der Waals surface area contributed by atoms with Gasteiger partial charge in [-0.3, -0.25) is 9.59 Å². The average Bonchev–Trinajstić information content (AvgIpc) is 2.59. The number of hydrogen-bond acceptors (Lipinski definition) is 5. The van der Waals surface area contributed by atoms with Gasteiger partial charge in [-0.2, -0.15) is 0 Å². The lowest BCUT2D eigenvalue weighted by Gasteiger charge is -2.32. The van der Waals surface area contributed by atoms with Gasteiger partial charge in [-0.25, -0.2) is 0 Å². The van der Waals surface area contributed by atoms with Crippen molar-refractivity contribution in [2.75, 3.05) is 25.6 Å². The van der Waals surface area contributed by atoms with E-state index in [9.17, 15) is 9.59 Å². The maximum Gasteiger partial charge on any atom is 0.270 e. The van der Waals surface area contributed by atoms with Gasteiger partial charge in [0.05, 0.1) is 12.8 Å². The van der Waals surface area contributed by atoms with Crippen LogP contribution in [0.1, 0.15) is 26.2 Å². The van der Waals surface area contributed by atoms with Crippen molar-refractivity contribution in [1.82, 2.24) is 4.90 Å². The van der Waals surface area contributed by atoms with Crippen molar-refractivity contribution in [3.05, 3.63) is 23.2 Å². The SMILES string of the molecule is COc1ccc(Cl)cc1NC(=O)/C=N\OCC(=O)N1CCCC[C@H]1C. The van der Waals surface area contributed by atoms with E-state index >= 15 is 0 Å². The van der Waals surface area contributed by atoms with E-state index in [0.29, 0.717) is 16.5 Å². The average molecular weight is 368 g/mol. The molecule has 1 aromatic rings. The van der Waals surface area contributed by atoms with Crippen LogP contribution in [0.5, 0.6) is 5.75 Å². The van der Waals surface area contributed by atoms with Crippen molar-refractivity contribution in [2.45, 2.75) is 32.2 Å².